The van der Waals surface area contributed by atoms with Crippen LogP contribution in [0.4, 0.5) is 10.8 Å². The number of aromatic nitrogens is 1. The summed E-state index contributed by atoms with van der Waals surface area (Å²) in [6.45, 7) is 2.64. The topological polar surface area (TPSA) is 76.3 Å². The van der Waals surface area contributed by atoms with E-state index in [0.717, 1.165) is 28.9 Å². The molecule has 2 rings (SSSR count). The van der Waals surface area contributed by atoms with E-state index >= 15 is 0 Å². The molecule has 0 spiro atoms. The largest absolute Gasteiger partial charge is 0.382 e. The molecule has 2 aromatic rings. The van der Waals surface area contributed by atoms with Crippen molar-refractivity contribution < 1.29 is 8.42 Å². The lowest BCUT2D eigenvalue weighted by atomic mass is 10.1. The highest BCUT2D eigenvalue weighted by atomic mass is 32.2. The van der Waals surface area contributed by atoms with Gasteiger partial charge >= 0.3 is 0 Å². The molecule has 0 aliphatic heterocycles. The van der Waals surface area contributed by atoms with Crippen LogP contribution in [0, 0.1) is 6.92 Å². The second-order valence-corrected chi connectivity index (χ2v) is 7.46. The van der Waals surface area contributed by atoms with E-state index in [1.165, 1.54) is 0 Å². The first-order valence-corrected chi connectivity index (χ1v) is 8.68. The van der Waals surface area contributed by atoms with Gasteiger partial charge in [0.2, 0.25) is 0 Å². The number of anilines is 2. The third-order valence-electron chi connectivity index (χ3n) is 3.04. The maximum Gasteiger partial charge on any atom is 0.182 e. The number of rotatable bonds is 4. The van der Waals surface area contributed by atoms with Crippen LogP contribution in [0.2, 0.25) is 0 Å². The molecule has 0 atom stereocenters. The Labute approximate surface area is 123 Å². The second kappa shape index (κ2) is 5.41. The van der Waals surface area contributed by atoms with Gasteiger partial charge in [-0.05, 0) is 29.6 Å². The lowest BCUT2D eigenvalue weighted by Crippen LogP contribution is -2.18. The summed E-state index contributed by atoms with van der Waals surface area (Å²) in [5.41, 5.74) is 7.99. The molecule has 0 fully saturated rings. The van der Waals surface area contributed by atoms with E-state index in [1.54, 1.807) is 0 Å². The van der Waals surface area contributed by atoms with Crippen LogP contribution < -0.4 is 10.6 Å². The van der Waals surface area contributed by atoms with Crippen molar-refractivity contribution in [3.8, 4) is 0 Å². The molecule has 0 amide bonds. The summed E-state index contributed by atoms with van der Waals surface area (Å²) >= 11 is 1.11. The first-order valence-electron chi connectivity index (χ1n) is 6.01. The van der Waals surface area contributed by atoms with Crippen molar-refractivity contribution >= 4 is 32.2 Å². The van der Waals surface area contributed by atoms with E-state index in [4.69, 9.17) is 5.73 Å². The molecule has 1 aromatic heterocycles. The third-order valence-corrected chi connectivity index (χ3v) is 5.29. The molecule has 0 radical (unpaired) electrons. The lowest BCUT2D eigenvalue weighted by Gasteiger charge is -2.19. The molecule has 1 aromatic carbocycles. The van der Waals surface area contributed by atoms with E-state index in [1.807, 2.05) is 43.1 Å². The van der Waals surface area contributed by atoms with Gasteiger partial charge in [-0.2, -0.15) is 4.37 Å². The van der Waals surface area contributed by atoms with Crippen LogP contribution in [0.3, 0.4) is 0 Å². The van der Waals surface area contributed by atoms with E-state index in [2.05, 4.69) is 4.37 Å². The number of hydrogen-bond acceptors (Lipinski definition) is 6. The molecule has 0 bridgehead atoms. The maximum absolute atomic E-state index is 11.8. The van der Waals surface area contributed by atoms with Gasteiger partial charge < -0.3 is 10.6 Å². The van der Waals surface area contributed by atoms with E-state index in [-0.39, 0.29) is 10.7 Å². The molecule has 5 nitrogen and oxygen atoms in total. The summed E-state index contributed by atoms with van der Waals surface area (Å²) < 4.78 is 27.6. The Kier molecular flexibility index (Phi) is 4.01. The predicted octanol–water partition coefficient (Wildman–Crippen LogP) is 2.07. The molecule has 0 aliphatic rings. The van der Waals surface area contributed by atoms with Gasteiger partial charge in [0.25, 0.3) is 0 Å². The van der Waals surface area contributed by atoms with Crippen molar-refractivity contribution in [1.82, 2.24) is 4.37 Å². The van der Waals surface area contributed by atoms with Crippen molar-refractivity contribution in [2.24, 2.45) is 0 Å². The zero-order valence-electron chi connectivity index (χ0n) is 11.6. The Hall–Kier alpha value is -1.60. The van der Waals surface area contributed by atoms with Crippen LogP contribution in [0.15, 0.2) is 29.2 Å². The highest BCUT2D eigenvalue weighted by molar-refractivity contribution is 7.91. The van der Waals surface area contributed by atoms with Crippen LogP contribution in [0.25, 0.3) is 0 Å². The number of benzene rings is 1. The monoisotopic (exact) mass is 311 g/mol. The zero-order valence-corrected chi connectivity index (χ0v) is 13.3. The van der Waals surface area contributed by atoms with Crippen LogP contribution in [-0.4, -0.2) is 26.1 Å². The Bertz CT molecular complexity index is 723. The molecule has 1 heterocycles. The van der Waals surface area contributed by atoms with Gasteiger partial charge in [0, 0.05) is 19.8 Å². The number of sulfone groups is 1. The fraction of sp³-hybridized carbons (Fsp3) is 0.308. The van der Waals surface area contributed by atoms with Crippen molar-refractivity contribution in [2.45, 2.75) is 18.4 Å². The minimum atomic E-state index is -3.39. The SMILES string of the molecule is Cc1ccccc1CN(C)c1snc(N)c1S(C)(=O)=O. The quantitative estimate of drug-likeness (QED) is 0.935. The molecule has 7 heteroatoms. The summed E-state index contributed by atoms with van der Waals surface area (Å²) in [5.74, 6) is 0.0733. The summed E-state index contributed by atoms with van der Waals surface area (Å²) in [6.07, 6.45) is 1.15. The Morgan fingerprint density at radius 1 is 1.35 bits per heavy atom. The Balaban J connectivity index is 2.36. The number of aryl methyl sites for hydroxylation is 1. The van der Waals surface area contributed by atoms with Gasteiger partial charge in [-0.15, -0.1) is 0 Å². The smallest absolute Gasteiger partial charge is 0.182 e. The third kappa shape index (κ3) is 2.94. The highest BCUT2D eigenvalue weighted by Crippen LogP contribution is 2.34. The summed E-state index contributed by atoms with van der Waals surface area (Å²) in [7, 11) is -1.55. The van der Waals surface area contributed by atoms with Crippen molar-refractivity contribution in [3.05, 3.63) is 35.4 Å². The first-order chi connectivity index (χ1) is 9.30. The average Bonchev–Trinajstić information content (AvgIpc) is 2.74. The zero-order chi connectivity index (χ0) is 14.9. The molecule has 0 aliphatic carbocycles. The molecule has 0 saturated heterocycles. The molecule has 2 N–H and O–H groups in total. The molecule has 0 saturated carbocycles. The summed E-state index contributed by atoms with van der Waals surface area (Å²) in [5, 5.41) is 0.577. The number of nitrogen functional groups attached to an aromatic ring is 1. The Morgan fingerprint density at radius 2 is 2.00 bits per heavy atom. The van der Waals surface area contributed by atoms with Crippen molar-refractivity contribution in [1.29, 1.82) is 0 Å². The van der Waals surface area contributed by atoms with Gasteiger partial charge in [-0.25, -0.2) is 8.42 Å². The predicted molar refractivity (Wildman–Crippen MR) is 82.9 cm³/mol. The van der Waals surface area contributed by atoms with Gasteiger partial charge in [0.1, 0.15) is 9.90 Å². The summed E-state index contributed by atoms with van der Waals surface area (Å²) in [6, 6.07) is 8.00. The fourth-order valence-electron chi connectivity index (χ4n) is 1.99. The highest BCUT2D eigenvalue weighted by Gasteiger charge is 2.23. The second-order valence-electron chi connectivity index (χ2n) is 4.76. The van der Waals surface area contributed by atoms with Crippen LogP contribution in [-0.2, 0) is 16.4 Å². The minimum absolute atomic E-state index is 0.0733. The van der Waals surface area contributed by atoms with E-state index < -0.39 is 9.84 Å². The average molecular weight is 311 g/mol. The van der Waals surface area contributed by atoms with Gasteiger partial charge in [-0.3, -0.25) is 0 Å². The van der Waals surface area contributed by atoms with Crippen LogP contribution in [0.5, 0.6) is 0 Å². The van der Waals surface area contributed by atoms with E-state index in [9.17, 15) is 8.42 Å². The lowest BCUT2D eigenvalue weighted by molar-refractivity contribution is 0.602. The molecular weight excluding hydrogens is 294 g/mol. The number of hydrogen-bond donors (Lipinski definition) is 1. The number of nitrogens with two attached hydrogens (primary N) is 1. The minimum Gasteiger partial charge on any atom is -0.382 e. The fourth-order valence-corrected chi connectivity index (χ4v) is 4.18. The molecule has 108 valence electrons. The molecular formula is C13H17N3O2S2. The van der Waals surface area contributed by atoms with E-state index in [0.29, 0.717) is 11.5 Å². The van der Waals surface area contributed by atoms with Crippen LogP contribution >= 0.6 is 11.5 Å². The van der Waals surface area contributed by atoms with Crippen molar-refractivity contribution in [3.63, 3.8) is 0 Å². The van der Waals surface area contributed by atoms with Gasteiger partial charge in [0.15, 0.2) is 15.7 Å². The van der Waals surface area contributed by atoms with Gasteiger partial charge in [0.05, 0.1) is 0 Å². The standard InChI is InChI=1S/C13H17N3O2S2/c1-9-6-4-5-7-10(9)8-16(2)13-11(20(3,17)18)12(14)15-19-13/h4-7H,8H2,1-3H3,(H2,14,15). The molecule has 0 unspecified atom stereocenters. The van der Waals surface area contributed by atoms with Crippen molar-refractivity contribution in [2.75, 3.05) is 23.9 Å². The van der Waals surface area contributed by atoms with Gasteiger partial charge in [-0.1, -0.05) is 24.3 Å². The number of nitrogens with zero attached hydrogens (tertiary/aromatic N) is 2. The maximum atomic E-state index is 11.8. The molecule has 20 heavy (non-hydrogen) atoms. The first kappa shape index (κ1) is 14.8. The Morgan fingerprint density at radius 3 is 2.60 bits per heavy atom. The van der Waals surface area contributed by atoms with Crippen LogP contribution in [0.1, 0.15) is 11.1 Å². The normalized spacial score (nSPS) is 11.6. The summed E-state index contributed by atoms with van der Waals surface area (Å²) in [4.78, 5) is 1.99.